The molecule has 3 saturated carbocycles. The number of hydrogen-bond acceptors (Lipinski definition) is 4. The van der Waals surface area contributed by atoms with Crippen LogP contribution in [0.1, 0.15) is 41.6 Å². The molecule has 4 aliphatic carbocycles. The van der Waals surface area contributed by atoms with E-state index in [0.717, 1.165) is 25.7 Å². The number of non-ortho nitro benzene ring substituents is 1. The number of fused-ring (bicyclic) bond motifs is 3. The Morgan fingerprint density at radius 2 is 1.83 bits per heavy atom. The summed E-state index contributed by atoms with van der Waals surface area (Å²) < 4.78 is 6.20. The predicted octanol–water partition coefficient (Wildman–Crippen LogP) is 4.82. The van der Waals surface area contributed by atoms with Crippen LogP contribution in [0, 0.1) is 27.4 Å². The maximum absolute atomic E-state index is 12.9. The van der Waals surface area contributed by atoms with Crippen molar-refractivity contribution in [3.05, 3.63) is 88.0 Å². The second-order valence-electron chi connectivity index (χ2n) is 9.02. The number of carbonyl (C=O) groups excluding carboxylic acids is 1. The first-order valence-corrected chi connectivity index (χ1v) is 10.2. The van der Waals surface area contributed by atoms with E-state index in [9.17, 15) is 14.9 Å². The molecule has 0 bridgehead atoms. The zero-order valence-corrected chi connectivity index (χ0v) is 15.9. The van der Waals surface area contributed by atoms with E-state index in [2.05, 4.69) is 36.4 Å². The molecule has 0 saturated heterocycles. The van der Waals surface area contributed by atoms with Crippen molar-refractivity contribution in [3.63, 3.8) is 0 Å². The van der Waals surface area contributed by atoms with E-state index in [4.69, 9.17) is 4.74 Å². The van der Waals surface area contributed by atoms with Gasteiger partial charge in [0.2, 0.25) is 0 Å². The molecule has 0 heterocycles. The van der Waals surface area contributed by atoms with E-state index >= 15 is 0 Å². The zero-order valence-electron chi connectivity index (χ0n) is 15.9. The highest BCUT2D eigenvalue weighted by Gasteiger charge is 2.92. The number of benzene rings is 2. The van der Waals surface area contributed by atoms with Crippen LogP contribution in [-0.4, -0.2) is 16.5 Å². The molecule has 4 aliphatic rings. The topological polar surface area (TPSA) is 69.4 Å². The first-order valence-electron chi connectivity index (χ1n) is 10.2. The van der Waals surface area contributed by atoms with Gasteiger partial charge in [-0.15, -0.1) is 0 Å². The maximum atomic E-state index is 12.9. The van der Waals surface area contributed by atoms with Gasteiger partial charge in [0, 0.05) is 29.4 Å². The molecule has 2 unspecified atom stereocenters. The summed E-state index contributed by atoms with van der Waals surface area (Å²) in [5.74, 6) is 0.406. The van der Waals surface area contributed by atoms with Gasteiger partial charge in [-0.25, -0.2) is 4.79 Å². The van der Waals surface area contributed by atoms with E-state index in [-0.39, 0.29) is 28.1 Å². The van der Waals surface area contributed by atoms with Gasteiger partial charge in [0.05, 0.1) is 10.5 Å². The fraction of sp³-hybridized carbons (Fsp3) is 0.375. The molecule has 0 aliphatic heterocycles. The first kappa shape index (κ1) is 17.0. The lowest BCUT2D eigenvalue weighted by molar-refractivity contribution is -0.384. The molecule has 5 heteroatoms. The summed E-state index contributed by atoms with van der Waals surface area (Å²) in [5, 5.41) is 10.9. The van der Waals surface area contributed by atoms with Gasteiger partial charge in [-0.1, -0.05) is 42.5 Å². The quantitative estimate of drug-likeness (QED) is 0.326. The van der Waals surface area contributed by atoms with Crippen LogP contribution in [0.25, 0.3) is 0 Å². The normalized spacial score (nSPS) is 37.8. The van der Waals surface area contributed by atoms with Crippen LogP contribution in [0.15, 0.2) is 66.7 Å². The summed E-state index contributed by atoms with van der Waals surface area (Å²) in [6.45, 7) is 0. The molecule has 0 N–H and O–H groups in total. The molecule has 146 valence electrons. The molecule has 3 fully saturated rings. The second-order valence-corrected chi connectivity index (χ2v) is 9.02. The first-order chi connectivity index (χ1) is 14.0. The highest BCUT2D eigenvalue weighted by atomic mass is 16.6. The van der Waals surface area contributed by atoms with Crippen molar-refractivity contribution in [3.8, 4) is 0 Å². The Bertz CT molecular complexity index is 1060. The predicted molar refractivity (Wildman–Crippen MR) is 106 cm³/mol. The van der Waals surface area contributed by atoms with Gasteiger partial charge in [-0.05, 0) is 48.8 Å². The molecule has 5 atom stereocenters. The van der Waals surface area contributed by atoms with Crippen LogP contribution >= 0.6 is 0 Å². The molecule has 0 radical (unpaired) electrons. The van der Waals surface area contributed by atoms with Gasteiger partial charge in [-0.2, -0.15) is 0 Å². The fourth-order valence-corrected chi connectivity index (χ4v) is 6.85. The van der Waals surface area contributed by atoms with Crippen LogP contribution < -0.4 is 0 Å². The number of carbonyl (C=O) groups is 1. The van der Waals surface area contributed by atoms with Crippen LogP contribution in [0.5, 0.6) is 0 Å². The summed E-state index contributed by atoms with van der Waals surface area (Å²) in [5.41, 5.74) is 1.49. The lowest BCUT2D eigenvalue weighted by Gasteiger charge is -2.28. The molecule has 5 nitrogen and oxygen atoms in total. The van der Waals surface area contributed by atoms with Gasteiger partial charge in [-0.3, -0.25) is 10.1 Å². The Hall–Kier alpha value is -2.95. The van der Waals surface area contributed by atoms with Crippen molar-refractivity contribution in [2.45, 2.75) is 36.7 Å². The molecular weight excluding hydrogens is 366 g/mol. The van der Waals surface area contributed by atoms with Crippen molar-refractivity contribution in [2.24, 2.45) is 17.3 Å². The fourth-order valence-electron chi connectivity index (χ4n) is 6.85. The number of esters is 1. The zero-order chi connectivity index (χ0) is 19.9. The van der Waals surface area contributed by atoms with Gasteiger partial charge < -0.3 is 4.74 Å². The van der Waals surface area contributed by atoms with Gasteiger partial charge in [0.15, 0.2) is 0 Å². The average molecular weight is 387 g/mol. The highest BCUT2D eigenvalue weighted by molar-refractivity contribution is 5.90. The monoisotopic (exact) mass is 387 g/mol. The van der Waals surface area contributed by atoms with Crippen LogP contribution in [0.4, 0.5) is 5.69 Å². The minimum atomic E-state index is -0.462. The summed E-state index contributed by atoms with van der Waals surface area (Å²) >= 11 is 0. The number of rotatable bonds is 4. The van der Waals surface area contributed by atoms with Crippen molar-refractivity contribution in [1.82, 2.24) is 0 Å². The van der Waals surface area contributed by atoms with Crippen LogP contribution in [-0.2, 0) is 10.2 Å². The molecule has 0 amide bonds. The van der Waals surface area contributed by atoms with Crippen molar-refractivity contribution in [1.29, 1.82) is 0 Å². The minimum Gasteiger partial charge on any atom is -0.455 e. The second kappa shape index (κ2) is 5.35. The van der Waals surface area contributed by atoms with Gasteiger partial charge >= 0.3 is 5.97 Å². The molecule has 2 aromatic carbocycles. The van der Waals surface area contributed by atoms with Crippen molar-refractivity contribution >= 4 is 11.7 Å². The highest BCUT2D eigenvalue weighted by Crippen LogP contribution is 2.90. The minimum absolute atomic E-state index is 0.0186. The Morgan fingerprint density at radius 3 is 2.55 bits per heavy atom. The summed E-state index contributed by atoms with van der Waals surface area (Å²) in [4.78, 5) is 23.3. The third-order valence-electron chi connectivity index (χ3n) is 7.93. The Balaban J connectivity index is 1.32. The number of hydrogen-bond donors (Lipinski definition) is 0. The maximum Gasteiger partial charge on any atom is 0.338 e. The van der Waals surface area contributed by atoms with Crippen molar-refractivity contribution < 1.29 is 14.5 Å². The largest absolute Gasteiger partial charge is 0.455 e. The molecule has 6 rings (SSSR count). The lowest BCUT2D eigenvalue weighted by atomic mass is 9.76. The smallest absolute Gasteiger partial charge is 0.338 e. The van der Waals surface area contributed by atoms with Crippen LogP contribution in [0.3, 0.4) is 0 Å². The lowest BCUT2D eigenvalue weighted by Crippen LogP contribution is -2.28. The molecule has 1 spiro atoms. The average Bonchev–Trinajstić information content (AvgIpc) is 3.58. The van der Waals surface area contributed by atoms with E-state index < -0.39 is 4.92 Å². The number of ether oxygens (including phenoxy) is 1. The van der Waals surface area contributed by atoms with E-state index in [1.807, 2.05) is 6.07 Å². The Morgan fingerprint density at radius 1 is 1.07 bits per heavy atom. The summed E-state index contributed by atoms with van der Waals surface area (Å²) in [6.07, 6.45) is 8.96. The van der Waals surface area contributed by atoms with Gasteiger partial charge in [0.1, 0.15) is 5.60 Å². The number of nitro benzene ring substituents is 1. The number of allylic oxidation sites excluding steroid dienone is 2. The van der Waals surface area contributed by atoms with E-state index in [1.165, 1.54) is 29.8 Å². The van der Waals surface area contributed by atoms with Crippen molar-refractivity contribution in [2.75, 3.05) is 0 Å². The summed E-state index contributed by atoms with van der Waals surface area (Å²) in [7, 11) is 0. The third kappa shape index (κ3) is 1.98. The van der Waals surface area contributed by atoms with Gasteiger partial charge in [0.25, 0.3) is 5.69 Å². The molecule has 0 aromatic heterocycles. The molecular formula is C24H21NO4. The number of nitrogens with zero attached hydrogens (tertiary/aromatic N) is 1. The Kier molecular flexibility index (Phi) is 3.13. The Labute approximate surface area is 168 Å². The van der Waals surface area contributed by atoms with Crippen LogP contribution in [0.2, 0.25) is 0 Å². The SMILES string of the molecule is O=C(O[C@@]12CC1CC13CCC=C[C@]1(c1ccccc1)[C@H]32)c1ccc([N+](=O)[O-])cc1. The van der Waals surface area contributed by atoms with E-state index in [0.29, 0.717) is 17.4 Å². The van der Waals surface area contributed by atoms with E-state index in [1.54, 1.807) is 0 Å². The number of nitro groups is 1. The molecule has 2 aromatic rings. The molecule has 29 heavy (non-hydrogen) atoms. The standard InChI is InChI=1S/C24H21NO4/c26-20(16-8-10-19(11-9-16)25(27)28)29-24-15-18(24)14-22-12-4-5-13-23(22,21(22)24)17-6-2-1-3-7-17/h1-3,5-11,13,18,21H,4,12,14-15H2/t18?,21-,22?,23-,24-/m0/s1. The summed E-state index contributed by atoms with van der Waals surface area (Å²) in [6, 6.07) is 16.3. The third-order valence-corrected chi connectivity index (χ3v) is 7.93.